The smallest absolute Gasteiger partial charge is 0.381 e. The SMILES string of the molecule is FC(F)(F)C1CCC(CC2CCOCC2)NC1. The molecule has 2 saturated heterocycles. The van der Waals surface area contributed by atoms with Crippen LogP contribution in [0, 0.1) is 11.8 Å². The number of nitrogens with one attached hydrogen (secondary N) is 1. The quantitative estimate of drug-likeness (QED) is 0.814. The molecule has 2 atom stereocenters. The van der Waals surface area contributed by atoms with E-state index in [0.29, 0.717) is 12.3 Å². The van der Waals surface area contributed by atoms with Gasteiger partial charge in [0.2, 0.25) is 0 Å². The third-order valence-electron chi connectivity index (χ3n) is 3.94. The molecular formula is C12H20F3NO. The van der Waals surface area contributed by atoms with Crippen molar-refractivity contribution in [3.8, 4) is 0 Å². The second kappa shape index (κ2) is 5.57. The van der Waals surface area contributed by atoms with Gasteiger partial charge in [-0.2, -0.15) is 13.2 Å². The van der Waals surface area contributed by atoms with Crippen molar-refractivity contribution in [1.82, 2.24) is 5.32 Å². The van der Waals surface area contributed by atoms with Gasteiger partial charge in [-0.15, -0.1) is 0 Å². The maximum atomic E-state index is 12.5. The van der Waals surface area contributed by atoms with E-state index in [2.05, 4.69) is 5.32 Å². The molecule has 0 bridgehead atoms. The van der Waals surface area contributed by atoms with E-state index >= 15 is 0 Å². The summed E-state index contributed by atoms with van der Waals surface area (Å²) >= 11 is 0. The molecule has 0 aromatic carbocycles. The Kier molecular flexibility index (Phi) is 4.31. The Balaban J connectivity index is 1.71. The molecule has 2 heterocycles. The third-order valence-corrected chi connectivity index (χ3v) is 3.94. The molecule has 0 radical (unpaired) electrons. The number of hydrogen-bond donors (Lipinski definition) is 1. The van der Waals surface area contributed by atoms with E-state index in [4.69, 9.17) is 4.74 Å². The summed E-state index contributed by atoms with van der Waals surface area (Å²) in [4.78, 5) is 0. The molecule has 0 aromatic heterocycles. The molecule has 2 rings (SSSR count). The average molecular weight is 251 g/mol. The predicted octanol–water partition coefficient (Wildman–Crippen LogP) is 2.73. The lowest BCUT2D eigenvalue weighted by Gasteiger charge is -2.34. The number of piperidine rings is 1. The number of hydrogen-bond acceptors (Lipinski definition) is 2. The number of halogens is 3. The zero-order valence-electron chi connectivity index (χ0n) is 9.93. The summed E-state index contributed by atoms with van der Waals surface area (Å²) in [6, 6.07) is 0.275. The molecule has 2 aliphatic rings. The molecular weight excluding hydrogens is 231 g/mol. The normalized spacial score (nSPS) is 32.6. The van der Waals surface area contributed by atoms with E-state index in [1.54, 1.807) is 0 Å². The lowest BCUT2D eigenvalue weighted by Crippen LogP contribution is -2.45. The first kappa shape index (κ1) is 13.1. The van der Waals surface area contributed by atoms with Gasteiger partial charge in [0.1, 0.15) is 0 Å². The standard InChI is InChI=1S/C12H20F3NO/c13-12(14,15)10-1-2-11(16-8-10)7-9-3-5-17-6-4-9/h9-11,16H,1-8H2. The van der Waals surface area contributed by atoms with Gasteiger partial charge < -0.3 is 10.1 Å². The zero-order chi connectivity index (χ0) is 12.3. The van der Waals surface area contributed by atoms with Crippen LogP contribution in [0.1, 0.15) is 32.1 Å². The van der Waals surface area contributed by atoms with Crippen LogP contribution >= 0.6 is 0 Å². The summed E-state index contributed by atoms with van der Waals surface area (Å²) in [5, 5.41) is 3.06. The van der Waals surface area contributed by atoms with E-state index in [9.17, 15) is 13.2 Å². The van der Waals surface area contributed by atoms with Gasteiger partial charge in [-0.1, -0.05) is 0 Å². The highest BCUT2D eigenvalue weighted by Gasteiger charge is 2.41. The van der Waals surface area contributed by atoms with Gasteiger partial charge >= 0.3 is 6.18 Å². The van der Waals surface area contributed by atoms with Crippen molar-refractivity contribution < 1.29 is 17.9 Å². The molecule has 0 spiro atoms. The van der Waals surface area contributed by atoms with Crippen LogP contribution in [-0.2, 0) is 4.74 Å². The van der Waals surface area contributed by atoms with E-state index in [0.717, 1.165) is 32.5 Å². The second-order valence-corrected chi connectivity index (χ2v) is 5.21. The molecule has 100 valence electrons. The third kappa shape index (κ3) is 3.85. The summed E-state index contributed by atoms with van der Waals surface area (Å²) < 4.78 is 42.7. The Hall–Kier alpha value is -0.290. The Morgan fingerprint density at radius 3 is 2.29 bits per heavy atom. The molecule has 2 nitrogen and oxygen atoms in total. The van der Waals surface area contributed by atoms with Crippen LogP contribution < -0.4 is 5.32 Å². The Labute approximate surface area is 99.9 Å². The van der Waals surface area contributed by atoms with Crippen LogP contribution in [0.25, 0.3) is 0 Å². The van der Waals surface area contributed by atoms with Gasteiger partial charge in [0, 0.05) is 25.8 Å². The van der Waals surface area contributed by atoms with Crippen molar-refractivity contribution in [1.29, 1.82) is 0 Å². The van der Waals surface area contributed by atoms with Crippen LogP contribution in [0.3, 0.4) is 0 Å². The zero-order valence-corrected chi connectivity index (χ0v) is 9.93. The maximum absolute atomic E-state index is 12.5. The fourth-order valence-corrected chi connectivity index (χ4v) is 2.78. The van der Waals surface area contributed by atoms with Crippen molar-refractivity contribution in [2.24, 2.45) is 11.8 Å². The fourth-order valence-electron chi connectivity index (χ4n) is 2.78. The molecule has 2 fully saturated rings. The van der Waals surface area contributed by atoms with E-state index < -0.39 is 12.1 Å². The lowest BCUT2D eigenvalue weighted by atomic mass is 9.86. The lowest BCUT2D eigenvalue weighted by molar-refractivity contribution is -0.179. The predicted molar refractivity (Wildman–Crippen MR) is 58.7 cm³/mol. The summed E-state index contributed by atoms with van der Waals surface area (Å²) in [6.45, 7) is 1.71. The van der Waals surface area contributed by atoms with Gasteiger partial charge in [0.25, 0.3) is 0 Å². The monoisotopic (exact) mass is 251 g/mol. The molecule has 0 aliphatic carbocycles. The fraction of sp³-hybridized carbons (Fsp3) is 1.00. The first-order valence-electron chi connectivity index (χ1n) is 6.43. The molecule has 0 saturated carbocycles. The highest BCUT2D eigenvalue weighted by Crippen LogP contribution is 2.33. The highest BCUT2D eigenvalue weighted by molar-refractivity contribution is 4.83. The van der Waals surface area contributed by atoms with Crippen molar-refractivity contribution in [2.75, 3.05) is 19.8 Å². The van der Waals surface area contributed by atoms with Gasteiger partial charge in [-0.25, -0.2) is 0 Å². The summed E-state index contributed by atoms with van der Waals surface area (Å²) in [7, 11) is 0. The Morgan fingerprint density at radius 1 is 1.06 bits per heavy atom. The van der Waals surface area contributed by atoms with Gasteiger partial charge in [0.05, 0.1) is 5.92 Å². The van der Waals surface area contributed by atoms with Crippen LogP contribution in [0.15, 0.2) is 0 Å². The minimum atomic E-state index is -4.03. The Morgan fingerprint density at radius 2 is 1.76 bits per heavy atom. The van der Waals surface area contributed by atoms with Crippen molar-refractivity contribution in [3.63, 3.8) is 0 Å². The van der Waals surface area contributed by atoms with Gasteiger partial charge in [0.15, 0.2) is 0 Å². The molecule has 2 aliphatic heterocycles. The molecule has 1 N–H and O–H groups in total. The molecule has 5 heteroatoms. The van der Waals surface area contributed by atoms with Crippen LogP contribution in [0.5, 0.6) is 0 Å². The largest absolute Gasteiger partial charge is 0.393 e. The average Bonchev–Trinajstić information content (AvgIpc) is 2.30. The summed E-state index contributed by atoms with van der Waals surface area (Å²) in [5.41, 5.74) is 0. The van der Waals surface area contributed by atoms with Crippen molar-refractivity contribution in [2.45, 2.75) is 44.3 Å². The first-order chi connectivity index (χ1) is 8.05. The van der Waals surface area contributed by atoms with Crippen LogP contribution in [0.4, 0.5) is 13.2 Å². The van der Waals surface area contributed by atoms with Crippen LogP contribution in [0.2, 0.25) is 0 Å². The van der Waals surface area contributed by atoms with Gasteiger partial charge in [-0.3, -0.25) is 0 Å². The van der Waals surface area contributed by atoms with Crippen LogP contribution in [-0.4, -0.2) is 32.0 Å². The minimum Gasteiger partial charge on any atom is -0.381 e. The minimum absolute atomic E-state index is 0.0946. The van der Waals surface area contributed by atoms with Crippen molar-refractivity contribution >= 4 is 0 Å². The van der Waals surface area contributed by atoms with E-state index in [1.807, 2.05) is 0 Å². The van der Waals surface area contributed by atoms with E-state index in [-0.39, 0.29) is 19.0 Å². The van der Waals surface area contributed by atoms with Crippen molar-refractivity contribution in [3.05, 3.63) is 0 Å². The molecule has 2 unspecified atom stereocenters. The maximum Gasteiger partial charge on any atom is 0.393 e. The topological polar surface area (TPSA) is 21.3 Å². The number of rotatable bonds is 2. The molecule has 0 amide bonds. The second-order valence-electron chi connectivity index (χ2n) is 5.21. The first-order valence-corrected chi connectivity index (χ1v) is 6.43. The number of alkyl halides is 3. The van der Waals surface area contributed by atoms with Gasteiger partial charge in [-0.05, 0) is 38.0 Å². The molecule has 0 aromatic rings. The summed E-state index contributed by atoms with van der Waals surface area (Å²) in [6.07, 6.45) is 0.0261. The molecule has 17 heavy (non-hydrogen) atoms. The van der Waals surface area contributed by atoms with E-state index in [1.165, 1.54) is 0 Å². The highest BCUT2D eigenvalue weighted by atomic mass is 19.4. The number of ether oxygens (including phenoxy) is 1. The Bertz CT molecular complexity index is 230. The summed E-state index contributed by atoms with van der Waals surface area (Å²) in [5.74, 6) is -0.517.